The minimum Gasteiger partial charge on any atom is -0.466 e. The number of carbonyl (C=O) groups excluding carboxylic acids is 3. The van der Waals surface area contributed by atoms with Crippen LogP contribution in [0.5, 0.6) is 0 Å². The number of nitrogens with one attached hydrogen (secondary N) is 1. The van der Waals surface area contributed by atoms with Gasteiger partial charge in [-0.15, -0.1) is 0 Å². The van der Waals surface area contributed by atoms with Crippen molar-refractivity contribution in [1.29, 1.82) is 0 Å². The Kier molecular flexibility index (Phi) is 32.3. The molecule has 1 saturated heterocycles. The summed E-state index contributed by atoms with van der Waals surface area (Å²) < 4.78 is 11.5. The van der Waals surface area contributed by atoms with Crippen molar-refractivity contribution >= 4 is 29.6 Å². The highest BCUT2D eigenvalue weighted by Gasteiger charge is 2.27. The molecule has 1 aliphatic rings. The van der Waals surface area contributed by atoms with Gasteiger partial charge >= 0.3 is 11.9 Å². The Labute approximate surface area is 319 Å². The van der Waals surface area contributed by atoms with Crippen LogP contribution in [0.15, 0.2) is 0 Å². The average Bonchev–Trinajstić information content (AvgIpc) is 3.12. The number of hydrogen-bond donors (Lipinski definition) is 1. The van der Waals surface area contributed by atoms with E-state index >= 15 is 0 Å². The number of carbonyl (C=O) groups is 3. The number of hydrogen-bond acceptors (Lipinski definition) is 7. The summed E-state index contributed by atoms with van der Waals surface area (Å²) in [4.78, 5) is 41.3. The first-order valence-corrected chi connectivity index (χ1v) is 22.9. The molecule has 1 amide bonds. The normalized spacial score (nSPS) is 15.1. The molecule has 1 fully saturated rings. The zero-order valence-electron chi connectivity index (χ0n) is 34.0. The van der Waals surface area contributed by atoms with E-state index in [4.69, 9.17) is 9.47 Å². The summed E-state index contributed by atoms with van der Waals surface area (Å²) in [6.45, 7) is 9.63. The topological polar surface area (TPSA) is 84.9 Å². The molecule has 2 unspecified atom stereocenters. The molecule has 0 saturated carbocycles. The Bertz CT molecular complexity index is 835. The quantitative estimate of drug-likeness (QED) is 0.0512. The number of unbranched alkanes of at least 4 members (excludes halogenated alkanes) is 18. The van der Waals surface area contributed by atoms with E-state index < -0.39 is 5.92 Å². The van der Waals surface area contributed by atoms with E-state index in [0.29, 0.717) is 37.1 Å². The number of thioether (sulfide) groups is 1. The van der Waals surface area contributed by atoms with Crippen molar-refractivity contribution in [3.63, 3.8) is 0 Å². The van der Waals surface area contributed by atoms with Crippen LogP contribution in [-0.2, 0) is 23.9 Å². The zero-order valence-corrected chi connectivity index (χ0v) is 34.8. The van der Waals surface area contributed by atoms with Crippen LogP contribution >= 0.6 is 11.8 Å². The molecule has 1 heterocycles. The summed E-state index contributed by atoms with van der Waals surface area (Å²) >= 11 is 1.56. The fourth-order valence-electron chi connectivity index (χ4n) is 6.98. The lowest BCUT2D eigenvalue weighted by Gasteiger charge is -2.29. The number of rotatable bonds is 35. The molecular formula is C43H82N2O5S. The van der Waals surface area contributed by atoms with Crippen LogP contribution < -0.4 is 5.32 Å². The smallest absolute Gasteiger partial charge is 0.310 e. The van der Waals surface area contributed by atoms with Crippen molar-refractivity contribution in [3.05, 3.63) is 0 Å². The third kappa shape index (κ3) is 28.8. The first kappa shape index (κ1) is 47.7. The Hall–Kier alpha value is -1.28. The standard InChI is InChI=1S/C43H82N2O5S/c1-5-8-11-14-16-17-18-19-20-22-25-33-49-42(47)30-34-51-37-39(35-41(46)44-40-28-31-45(4)32-29-40)43(48)50-36-38(26-23-13-10-7-3)27-24-21-15-12-9-6-2/h38-40H,5-37H2,1-4H3,(H,44,46). The maximum Gasteiger partial charge on any atom is 0.310 e. The molecule has 1 N–H and O–H groups in total. The summed E-state index contributed by atoms with van der Waals surface area (Å²) in [6, 6.07) is 0.165. The Balaban J connectivity index is 2.49. The average molecular weight is 739 g/mol. The first-order chi connectivity index (χ1) is 24.9. The number of ether oxygens (including phenoxy) is 2. The predicted octanol–water partition coefficient (Wildman–Crippen LogP) is 11.1. The fourth-order valence-corrected chi connectivity index (χ4v) is 8.00. The monoisotopic (exact) mass is 739 g/mol. The molecule has 0 aromatic carbocycles. The molecule has 2 atom stereocenters. The number of nitrogens with zero attached hydrogens (tertiary/aromatic N) is 1. The SMILES string of the molecule is CCCCCCCCCCCCCOC(=O)CCSCC(CC(=O)NC1CCN(C)CC1)C(=O)OCC(CCCCCC)CCCCCCCC. The van der Waals surface area contributed by atoms with E-state index in [1.807, 2.05) is 0 Å². The van der Waals surface area contributed by atoms with Crippen LogP contribution in [0, 0.1) is 11.8 Å². The maximum atomic E-state index is 13.5. The molecule has 0 aromatic rings. The Morgan fingerprint density at radius 2 is 1.18 bits per heavy atom. The molecule has 8 heteroatoms. The molecule has 300 valence electrons. The largest absolute Gasteiger partial charge is 0.466 e. The molecular weight excluding hydrogens is 657 g/mol. The highest BCUT2D eigenvalue weighted by molar-refractivity contribution is 7.99. The van der Waals surface area contributed by atoms with Crippen LogP contribution in [0.25, 0.3) is 0 Å². The van der Waals surface area contributed by atoms with E-state index in [1.165, 1.54) is 122 Å². The molecule has 0 aromatic heterocycles. The van der Waals surface area contributed by atoms with Gasteiger partial charge < -0.3 is 19.7 Å². The molecule has 7 nitrogen and oxygen atoms in total. The second kappa shape index (κ2) is 34.5. The van der Waals surface area contributed by atoms with Gasteiger partial charge in [-0.2, -0.15) is 11.8 Å². The van der Waals surface area contributed by atoms with Crippen LogP contribution in [0.3, 0.4) is 0 Å². The van der Waals surface area contributed by atoms with E-state index in [2.05, 4.69) is 38.0 Å². The highest BCUT2D eigenvalue weighted by atomic mass is 32.2. The fraction of sp³-hybridized carbons (Fsp3) is 0.930. The third-order valence-corrected chi connectivity index (χ3v) is 11.7. The Morgan fingerprint density at radius 3 is 1.73 bits per heavy atom. The molecule has 0 bridgehead atoms. The van der Waals surface area contributed by atoms with Crippen LogP contribution in [0.1, 0.15) is 194 Å². The van der Waals surface area contributed by atoms with Crippen molar-refractivity contribution in [3.8, 4) is 0 Å². The lowest BCUT2D eigenvalue weighted by Crippen LogP contribution is -2.44. The summed E-state index contributed by atoms with van der Waals surface area (Å²) in [7, 11) is 2.11. The minimum atomic E-state index is -0.511. The van der Waals surface area contributed by atoms with Gasteiger partial charge in [0, 0.05) is 24.0 Å². The van der Waals surface area contributed by atoms with Gasteiger partial charge in [0.25, 0.3) is 0 Å². The van der Waals surface area contributed by atoms with Crippen LogP contribution in [0.2, 0.25) is 0 Å². The third-order valence-electron chi connectivity index (χ3n) is 10.5. The molecule has 0 spiro atoms. The molecule has 1 rings (SSSR count). The van der Waals surface area contributed by atoms with Gasteiger partial charge in [0.05, 0.1) is 25.6 Å². The van der Waals surface area contributed by atoms with E-state index in [9.17, 15) is 14.4 Å². The van der Waals surface area contributed by atoms with Gasteiger partial charge in [-0.25, -0.2) is 0 Å². The van der Waals surface area contributed by atoms with E-state index in [-0.39, 0.29) is 30.3 Å². The van der Waals surface area contributed by atoms with E-state index in [0.717, 1.165) is 51.6 Å². The summed E-state index contributed by atoms with van der Waals surface area (Å²) in [6.07, 6.45) is 31.0. The van der Waals surface area contributed by atoms with Gasteiger partial charge in [0.15, 0.2) is 0 Å². The molecule has 0 radical (unpaired) electrons. The van der Waals surface area contributed by atoms with Crippen LogP contribution in [0.4, 0.5) is 0 Å². The van der Waals surface area contributed by atoms with Gasteiger partial charge in [0.1, 0.15) is 0 Å². The van der Waals surface area contributed by atoms with Gasteiger partial charge in [-0.05, 0) is 58.2 Å². The number of likely N-dealkylation sites (tertiary alicyclic amines) is 1. The van der Waals surface area contributed by atoms with Crippen molar-refractivity contribution in [2.24, 2.45) is 11.8 Å². The molecule has 51 heavy (non-hydrogen) atoms. The minimum absolute atomic E-state index is 0.0679. The molecule has 0 aliphatic carbocycles. The lowest BCUT2D eigenvalue weighted by molar-refractivity contribution is -0.151. The highest BCUT2D eigenvalue weighted by Crippen LogP contribution is 2.22. The maximum absolute atomic E-state index is 13.5. The lowest BCUT2D eigenvalue weighted by atomic mass is 9.95. The van der Waals surface area contributed by atoms with E-state index in [1.54, 1.807) is 11.8 Å². The summed E-state index contributed by atoms with van der Waals surface area (Å²) in [5, 5.41) is 3.19. The number of piperidine rings is 1. The van der Waals surface area contributed by atoms with Gasteiger partial charge in [-0.1, -0.05) is 149 Å². The number of amides is 1. The second-order valence-corrected chi connectivity index (χ2v) is 16.7. The molecule has 1 aliphatic heterocycles. The van der Waals surface area contributed by atoms with Crippen molar-refractivity contribution in [1.82, 2.24) is 10.2 Å². The summed E-state index contributed by atoms with van der Waals surface area (Å²) in [5.41, 5.74) is 0. The number of esters is 2. The van der Waals surface area contributed by atoms with Crippen molar-refractivity contribution in [2.45, 2.75) is 200 Å². The zero-order chi connectivity index (χ0) is 37.2. The second-order valence-electron chi connectivity index (χ2n) is 15.5. The Morgan fingerprint density at radius 1 is 0.686 bits per heavy atom. The first-order valence-electron chi connectivity index (χ1n) is 21.8. The van der Waals surface area contributed by atoms with Gasteiger partial charge in [0.2, 0.25) is 5.91 Å². The van der Waals surface area contributed by atoms with Crippen molar-refractivity contribution < 1.29 is 23.9 Å². The van der Waals surface area contributed by atoms with Gasteiger partial charge in [-0.3, -0.25) is 14.4 Å². The predicted molar refractivity (Wildman–Crippen MR) is 217 cm³/mol. The van der Waals surface area contributed by atoms with Crippen molar-refractivity contribution in [2.75, 3.05) is 44.9 Å². The summed E-state index contributed by atoms with van der Waals surface area (Å²) in [5.74, 6) is 0.425. The van der Waals surface area contributed by atoms with Crippen LogP contribution in [-0.4, -0.2) is 73.6 Å².